The summed E-state index contributed by atoms with van der Waals surface area (Å²) < 4.78 is 24.5. The summed E-state index contributed by atoms with van der Waals surface area (Å²) in [4.78, 5) is 8.15. The SMILES string of the molecule is COCCOc1ccc(Nc2ncc(F)c(Nc3cccc(N)c3)n2)cc1.Cl. The molecule has 1 heterocycles. The summed E-state index contributed by atoms with van der Waals surface area (Å²) >= 11 is 0. The molecule has 0 fully saturated rings. The summed E-state index contributed by atoms with van der Waals surface area (Å²) in [5.74, 6) is 0.472. The molecule has 28 heavy (non-hydrogen) atoms. The smallest absolute Gasteiger partial charge is 0.229 e. The van der Waals surface area contributed by atoms with Gasteiger partial charge in [-0.25, -0.2) is 9.37 Å². The Balaban J connectivity index is 0.00000280. The van der Waals surface area contributed by atoms with Crippen LogP contribution in [0.5, 0.6) is 5.75 Å². The third-order valence-corrected chi connectivity index (χ3v) is 3.56. The molecule has 0 unspecified atom stereocenters. The van der Waals surface area contributed by atoms with E-state index in [4.69, 9.17) is 15.2 Å². The lowest BCUT2D eigenvalue weighted by Crippen LogP contribution is -2.05. The van der Waals surface area contributed by atoms with Gasteiger partial charge >= 0.3 is 0 Å². The first kappa shape index (κ1) is 21.2. The third kappa shape index (κ3) is 5.97. The summed E-state index contributed by atoms with van der Waals surface area (Å²) in [6, 6.07) is 14.2. The van der Waals surface area contributed by atoms with Gasteiger partial charge in [0.2, 0.25) is 5.95 Å². The standard InChI is InChI=1S/C19H20FN5O2.ClH/c1-26-9-10-27-16-7-5-14(6-8-16)24-19-22-12-17(20)18(25-19)23-15-4-2-3-13(21)11-15;/h2-8,11-12H,9-10,21H2,1H3,(H2,22,23,24,25);1H. The van der Waals surface area contributed by atoms with Crippen LogP contribution < -0.4 is 21.1 Å². The number of hydrogen-bond donors (Lipinski definition) is 3. The van der Waals surface area contributed by atoms with Crippen molar-refractivity contribution in [3.05, 3.63) is 60.5 Å². The zero-order valence-corrected chi connectivity index (χ0v) is 16.0. The number of nitrogens with zero attached hydrogens (tertiary/aromatic N) is 2. The maximum atomic E-state index is 14.0. The van der Waals surface area contributed by atoms with E-state index in [1.54, 1.807) is 31.4 Å². The molecule has 3 aromatic rings. The van der Waals surface area contributed by atoms with E-state index in [9.17, 15) is 4.39 Å². The minimum absolute atomic E-state index is 0. The highest BCUT2D eigenvalue weighted by Crippen LogP contribution is 2.22. The van der Waals surface area contributed by atoms with Crippen LogP contribution in [0.2, 0.25) is 0 Å². The number of nitrogen functional groups attached to an aromatic ring is 1. The Morgan fingerprint density at radius 1 is 1.04 bits per heavy atom. The van der Waals surface area contributed by atoms with Gasteiger partial charge in [-0.1, -0.05) is 6.07 Å². The van der Waals surface area contributed by atoms with E-state index in [1.165, 1.54) is 0 Å². The Morgan fingerprint density at radius 2 is 1.82 bits per heavy atom. The number of benzene rings is 2. The lowest BCUT2D eigenvalue weighted by molar-refractivity contribution is 0.146. The lowest BCUT2D eigenvalue weighted by atomic mass is 10.3. The Bertz CT molecular complexity index is 896. The largest absolute Gasteiger partial charge is 0.491 e. The van der Waals surface area contributed by atoms with Gasteiger partial charge in [-0.3, -0.25) is 0 Å². The molecule has 0 bridgehead atoms. The normalized spacial score (nSPS) is 10.1. The molecule has 7 nitrogen and oxygen atoms in total. The summed E-state index contributed by atoms with van der Waals surface area (Å²) in [6.07, 6.45) is 1.10. The van der Waals surface area contributed by atoms with Gasteiger partial charge in [0.05, 0.1) is 12.8 Å². The first-order chi connectivity index (χ1) is 13.1. The summed E-state index contributed by atoms with van der Waals surface area (Å²) in [6.45, 7) is 0.996. The second-order valence-corrected chi connectivity index (χ2v) is 5.63. The number of nitrogens with one attached hydrogen (secondary N) is 2. The van der Waals surface area contributed by atoms with Crippen molar-refractivity contribution in [2.75, 3.05) is 36.7 Å². The molecular weight excluding hydrogens is 385 g/mol. The van der Waals surface area contributed by atoms with Crippen LogP contribution in [0.25, 0.3) is 0 Å². The molecule has 0 amide bonds. The predicted octanol–water partition coefficient (Wildman–Crippen LogP) is 4.13. The van der Waals surface area contributed by atoms with Gasteiger partial charge in [-0.2, -0.15) is 4.98 Å². The van der Waals surface area contributed by atoms with Crippen molar-refractivity contribution in [2.45, 2.75) is 0 Å². The van der Waals surface area contributed by atoms with Crippen LogP contribution in [-0.2, 0) is 4.74 Å². The molecule has 0 spiro atoms. The minimum atomic E-state index is -0.565. The van der Waals surface area contributed by atoms with Crippen molar-refractivity contribution in [1.82, 2.24) is 9.97 Å². The highest BCUT2D eigenvalue weighted by Gasteiger charge is 2.08. The first-order valence-corrected chi connectivity index (χ1v) is 8.28. The van der Waals surface area contributed by atoms with E-state index in [0.717, 1.165) is 17.6 Å². The van der Waals surface area contributed by atoms with Crippen LogP contribution in [0.4, 0.5) is 33.2 Å². The monoisotopic (exact) mass is 405 g/mol. The van der Waals surface area contributed by atoms with E-state index < -0.39 is 5.82 Å². The molecule has 2 aromatic carbocycles. The van der Waals surface area contributed by atoms with E-state index in [2.05, 4.69) is 20.6 Å². The number of methoxy groups -OCH3 is 1. The van der Waals surface area contributed by atoms with Crippen molar-refractivity contribution in [3.8, 4) is 5.75 Å². The van der Waals surface area contributed by atoms with Crippen LogP contribution in [0, 0.1) is 5.82 Å². The third-order valence-electron chi connectivity index (χ3n) is 3.56. The van der Waals surface area contributed by atoms with Crippen molar-refractivity contribution >= 4 is 41.2 Å². The van der Waals surface area contributed by atoms with Gasteiger partial charge in [0.1, 0.15) is 12.4 Å². The van der Waals surface area contributed by atoms with Crippen molar-refractivity contribution in [2.24, 2.45) is 0 Å². The molecule has 0 aliphatic heterocycles. The number of nitrogens with two attached hydrogens (primary N) is 1. The molecule has 3 rings (SSSR count). The highest BCUT2D eigenvalue weighted by atomic mass is 35.5. The van der Waals surface area contributed by atoms with Crippen LogP contribution in [0.3, 0.4) is 0 Å². The average Bonchev–Trinajstić information content (AvgIpc) is 2.66. The number of hydrogen-bond acceptors (Lipinski definition) is 7. The molecule has 1 aromatic heterocycles. The fourth-order valence-corrected chi connectivity index (χ4v) is 2.27. The lowest BCUT2D eigenvalue weighted by Gasteiger charge is -2.10. The number of ether oxygens (including phenoxy) is 2. The summed E-state index contributed by atoms with van der Waals surface area (Å²) in [5.41, 5.74) is 7.69. The van der Waals surface area contributed by atoms with E-state index in [0.29, 0.717) is 24.6 Å². The van der Waals surface area contributed by atoms with Crippen LogP contribution >= 0.6 is 12.4 Å². The molecule has 0 aliphatic carbocycles. The van der Waals surface area contributed by atoms with Gasteiger partial charge in [0.15, 0.2) is 11.6 Å². The molecule has 9 heteroatoms. The number of anilines is 5. The van der Waals surface area contributed by atoms with E-state index in [1.807, 2.05) is 24.3 Å². The Kier molecular flexibility index (Phi) is 7.79. The number of halogens is 2. The summed E-state index contributed by atoms with van der Waals surface area (Å²) in [5, 5.41) is 5.93. The maximum Gasteiger partial charge on any atom is 0.229 e. The number of rotatable bonds is 8. The topological polar surface area (TPSA) is 94.3 Å². The van der Waals surface area contributed by atoms with Crippen LogP contribution in [-0.4, -0.2) is 30.3 Å². The van der Waals surface area contributed by atoms with Crippen molar-refractivity contribution in [3.63, 3.8) is 0 Å². The fraction of sp³-hybridized carbons (Fsp3) is 0.158. The molecule has 0 aliphatic rings. The Hall–Kier alpha value is -3.10. The van der Waals surface area contributed by atoms with Gasteiger partial charge in [-0.05, 0) is 42.5 Å². The van der Waals surface area contributed by atoms with Gasteiger partial charge in [0, 0.05) is 24.2 Å². The molecule has 4 N–H and O–H groups in total. The van der Waals surface area contributed by atoms with Crippen molar-refractivity contribution < 1.29 is 13.9 Å². The first-order valence-electron chi connectivity index (χ1n) is 8.28. The molecular formula is C19H21ClFN5O2. The molecule has 0 atom stereocenters. The van der Waals surface area contributed by atoms with Gasteiger partial charge in [-0.15, -0.1) is 12.4 Å². The van der Waals surface area contributed by atoms with Crippen molar-refractivity contribution in [1.29, 1.82) is 0 Å². The van der Waals surface area contributed by atoms with Crippen LogP contribution in [0.1, 0.15) is 0 Å². The zero-order chi connectivity index (χ0) is 19.1. The maximum absolute atomic E-state index is 14.0. The molecule has 148 valence electrons. The zero-order valence-electron chi connectivity index (χ0n) is 15.2. The molecule has 0 radical (unpaired) electrons. The quantitative estimate of drug-likeness (QED) is 0.383. The second-order valence-electron chi connectivity index (χ2n) is 5.63. The number of aromatic nitrogens is 2. The van der Waals surface area contributed by atoms with E-state index in [-0.39, 0.29) is 24.2 Å². The average molecular weight is 406 g/mol. The predicted molar refractivity (Wildman–Crippen MR) is 110 cm³/mol. The molecule has 0 saturated heterocycles. The summed E-state index contributed by atoms with van der Waals surface area (Å²) in [7, 11) is 1.62. The Labute approximate surface area is 168 Å². The van der Waals surface area contributed by atoms with Gasteiger partial charge in [0.25, 0.3) is 0 Å². The van der Waals surface area contributed by atoms with Gasteiger partial charge < -0.3 is 25.8 Å². The van der Waals surface area contributed by atoms with Crippen LogP contribution in [0.15, 0.2) is 54.7 Å². The Morgan fingerprint density at radius 3 is 2.54 bits per heavy atom. The molecule has 0 saturated carbocycles. The second kappa shape index (κ2) is 10.3. The van der Waals surface area contributed by atoms with E-state index >= 15 is 0 Å². The minimum Gasteiger partial charge on any atom is -0.491 e. The highest BCUT2D eigenvalue weighted by molar-refractivity contribution is 5.85. The fourth-order valence-electron chi connectivity index (χ4n) is 2.27.